The molecule has 152 valence electrons. The second kappa shape index (κ2) is 8.07. The zero-order chi connectivity index (χ0) is 21.1. The number of hydrogen-bond donors (Lipinski definition) is 1. The minimum atomic E-state index is -4.43. The highest BCUT2D eigenvalue weighted by Gasteiger charge is 2.30. The van der Waals surface area contributed by atoms with Gasteiger partial charge in [0.15, 0.2) is 0 Å². The molecule has 0 aliphatic rings. The zero-order valence-corrected chi connectivity index (χ0v) is 16.1. The summed E-state index contributed by atoms with van der Waals surface area (Å²) in [6, 6.07) is 12.3. The third-order valence-corrected chi connectivity index (χ3v) is 5.14. The molecule has 0 fully saturated rings. The van der Waals surface area contributed by atoms with E-state index < -0.39 is 17.6 Å². The second-order valence-electron chi connectivity index (χ2n) is 6.31. The molecular formula is C20H14F3N5OS. The van der Waals surface area contributed by atoms with Crippen molar-refractivity contribution >= 4 is 17.2 Å². The summed E-state index contributed by atoms with van der Waals surface area (Å²) < 4.78 is 40.3. The highest BCUT2D eigenvalue weighted by atomic mass is 32.1. The van der Waals surface area contributed by atoms with Crippen LogP contribution in [0.2, 0.25) is 0 Å². The fourth-order valence-electron chi connectivity index (χ4n) is 2.72. The van der Waals surface area contributed by atoms with Crippen molar-refractivity contribution in [3.05, 3.63) is 83.4 Å². The molecule has 2 heterocycles. The third kappa shape index (κ3) is 4.38. The van der Waals surface area contributed by atoms with E-state index in [1.165, 1.54) is 23.8 Å². The molecule has 0 spiro atoms. The molecule has 30 heavy (non-hydrogen) atoms. The van der Waals surface area contributed by atoms with E-state index in [0.29, 0.717) is 10.6 Å². The van der Waals surface area contributed by atoms with Gasteiger partial charge in [-0.1, -0.05) is 24.3 Å². The fourth-order valence-corrected chi connectivity index (χ4v) is 3.52. The molecule has 2 aromatic heterocycles. The Labute approximate surface area is 173 Å². The number of benzene rings is 2. The average Bonchev–Trinajstić information content (AvgIpc) is 3.44. The van der Waals surface area contributed by atoms with Crippen molar-refractivity contribution in [2.75, 3.05) is 0 Å². The van der Waals surface area contributed by atoms with Crippen LogP contribution in [0.1, 0.15) is 21.6 Å². The molecule has 0 saturated heterocycles. The lowest BCUT2D eigenvalue weighted by atomic mass is 10.1. The van der Waals surface area contributed by atoms with Gasteiger partial charge in [0.2, 0.25) is 0 Å². The van der Waals surface area contributed by atoms with Crippen LogP contribution in [0.3, 0.4) is 0 Å². The first-order chi connectivity index (χ1) is 14.4. The Kier molecular flexibility index (Phi) is 5.32. The summed E-state index contributed by atoms with van der Waals surface area (Å²) in [7, 11) is 0. The highest BCUT2D eigenvalue weighted by Crippen LogP contribution is 2.33. The van der Waals surface area contributed by atoms with E-state index in [4.69, 9.17) is 0 Å². The molecule has 4 aromatic rings. The molecule has 1 N–H and O–H groups in total. The average molecular weight is 429 g/mol. The standard InChI is InChI=1S/C20H14F3N5OS/c21-20(22,23)15-3-1-2-14(8-15)19-27-17(10-30-19)18(29)25-9-13-4-6-16(7-5-13)28-12-24-11-26-28/h1-8,10-12H,9H2,(H,25,29). The van der Waals surface area contributed by atoms with Crippen molar-refractivity contribution in [1.82, 2.24) is 25.1 Å². The summed E-state index contributed by atoms with van der Waals surface area (Å²) in [4.78, 5) is 20.4. The molecule has 0 unspecified atom stereocenters. The molecule has 2 aromatic carbocycles. The third-order valence-electron chi connectivity index (χ3n) is 4.25. The summed E-state index contributed by atoms with van der Waals surface area (Å²) in [5, 5.41) is 8.68. The summed E-state index contributed by atoms with van der Waals surface area (Å²) >= 11 is 1.12. The van der Waals surface area contributed by atoms with Crippen LogP contribution in [0.5, 0.6) is 0 Å². The van der Waals surface area contributed by atoms with Gasteiger partial charge in [0.1, 0.15) is 23.4 Å². The van der Waals surface area contributed by atoms with Crippen LogP contribution >= 0.6 is 11.3 Å². The Balaban J connectivity index is 1.41. The highest BCUT2D eigenvalue weighted by molar-refractivity contribution is 7.13. The predicted octanol–water partition coefficient (Wildman–Crippen LogP) is 4.34. The maximum absolute atomic E-state index is 12.9. The number of hydrogen-bond acceptors (Lipinski definition) is 5. The maximum atomic E-state index is 12.9. The summed E-state index contributed by atoms with van der Waals surface area (Å²) in [5.41, 5.74) is 1.44. The van der Waals surface area contributed by atoms with Crippen molar-refractivity contribution in [3.8, 4) is 16.3 Å². The fraction of sp³-hybridized carbons (Fsp3) is 0.100. The number of amides is 1. The van der Waals surface area contributed by atoms with E-state index in [1.807, 2.05) is 24.3 Å². The quantitative estimate of drug-likeness (QED) is 0.512. The minimum Gasteiger partial charge on any atom is -0.347 e. The van der Waals surface area contributed by atoms with Crippen molar-refractivity contribution in [2.45, 2.75) is 12.7 Å². The SMILES string of the molecule is O=C(NCc1ccc(-n2cncn2)cc1)c1csc(-c2cccc(C(F)(F)F)c2)n1. The van der Waals surface area contributed by atoms with E-state index in [-0.39, 0.29) is 12.2 Å². The molecular weight excluding hydrogens is 415 g/mol. The van der Waals surface area contributed by atoms with E-state index in [2.05, 4.69) is 20.4 Å². The monoisotopic (exact) mass is 429 g/mol. The van der Waals surface area contributed by atoms with Crippen LogP contribution in [-0.4, -0.2) is 25.7 Å². The molecule has 0 aliphatic heterocycles. The van der Waals surface area contributed by atoms with Crippen LogP contribution in [0.4, 0.5) is 13.2 Å². The Hall–Kier alpha value is -3.53. The van der Waals surface area contributed by atoms with Crippen LogP contribution < -0.4 is 5.32 Å². The number of nitrogens with one attached hydrogen (secondary N) is 1. The van der Waals surface area contributed by atoms with Crippen LogP contribution in [0, 0.1) is 0 Å². The van der Waals surface area contributed by atoms with E-state index >= 15 is 0 Å². The molecule has 0 atom stereocenters. The molecule has 0 bridgehead atoms. The predicted molar refractivity (Wildman–Crippen MR) is 105 cm³/mol. The van der Waals surface area contributed by atoms with E-state index in [0.717, 1.165) is 34.7 Å². The van der Waals surface area contributed by atoms with Gasteiger partial charge in [-0.15, -0.1) is 11.3 Å². The van der Waals surface area contributed by atoms with Crippen LogP contribution in [0.25, 0.3) is 16.3 Å². The number of nitrogens with zero attached hydrogens (tertiary/aromatic N) is 4. The van der Waals surface area contributed by atoms with E-state index in [9.17, 15) is 18.0 Å². The van der Waals surface area contributed by atoms with Gasteiger partial charge in [-0.2, -0.15) is 18.3 Å². The molecule has 6 nitrogen and oxygen atoms in total. The first kappa shape index (κ1) is 19.8. The van der Waals surface area contributed by atoms with Gasteiger partial charge < -0.3 is 5.32 Å². The van der Waals surface area contributed by atoms with Gasteiger partial charge in [-0.05, 0) is 29.8 Å². The Bertz CT molecular complexity index is 1150. The number of halogens is 3. The lowest BCUT2D eigenvalue weighted by Crippen LogP contribution is -2.23. The summed E-state index contributed by atoms with van der Waals surface area (Å²) in [6.07, 6.45) is -1.41. The normalized spacial score (nSPS) is 11.4. The first-order valence-electron chi connectivity index (χ1n) is 8.75. The smallest absolute Gasteiger partial charge is 0.347 e. The van der Waals surface area contributed by atoms with Gasteiger partial charge in [0.25, 0.3) is 5.91 Å². The molecule has 4 rings (SSSR count). The van der Waals surface area contributed by atoms with Crippen molar-refractivity contribution in [2.24, 2.45) is 0 Å². The number of rotatable bonds is 5. The van der Waals surface area contributed by atoms with Crippen molar-refractivity contribution < 1.29 is 18.0 Å². The first-order valence-corrected chi connectivity index (χ1v) is 9.63. The number of carbonyl (C=O) groups excluding carboxylic acids is 1. The lowest BCUT2D eigenvalue weighted by Gasteiger charge is -2.07. The second-order valence-corrected chi connectivity index (χ2v) is 7.16. The topological polar surface area (TPSA) is 72.7 Å². The molecule has 10 heteroatoms. The number of thiazole rings is 1. The number of aromatic nitrogens is 4. The van der Waals surface area contributed by atoms with Crippen LogP contribution in [0.15, 0.2) is 66.6 Å². The van der Waals surface area contributed by atoms with Gasteiger partial charge in [0.05, 0.1) is 11.3 Å². The zero-order valence-electron chi connectivity index (χ0n) is 15.3. The largest absolute Gasteiger partial charge is 0.416 e. The van der Waals surface area contributed by atoms with E-state index in [1.54, 1.807) is 11.0 Å². The molecule has 0 aliphatic carbocycles. The van der Waals surface area contributed by atoms with Crippen molar-refractivity contribution in [1.29, 1.82) is 0 Å². The molecule has 1 amide bonds. The Morgan fingerprint density at radius 2 is 1.93 bits per heavy atom. The van der Waals surface area contributed by atoms with Gasteiger partial charge in [-0.25, -0.2) is 14.6 Å². The molecule has 0 radical (unpaired) electrons. The molecule has 0 saturated carbocycles. The maximum Gasteiger partial charge on any atom is 0.416 e. The lowest BCUT2D eigenvalue weighted by molar-refractivity contribution is -0.137. The van der Waals surface area contributed by atoms with Gasteiger partial charge in [-0.3, -0.25) is 4.79 Å². The summed E-state index contributed by atoms with van der Waals surface area (Å²) in [5.74, 6) is -0.398. The Morgan fingerprint density at radius 1 is 1.13 bits per heavy atom. The minimum absolute atomic E-state index is 0.159. The summed E-state index contributed by atoms with van der Waals surface area (Å²) in [6.45, 7) is 0.285. The number of alkyl halides is 3. The number of carbonyl (C=O) groups is 1. The van der Waals surface area contributed by atoms with Crippen molar-refractivity contribution in [3.63, 3.8) is 0 Å². The van der Waals surface area contributed by atoms with Gasteiger partial charge >= 0.3 is 6.18 Å². The Morgan fingerprint density at radius 3 is 2.63 bits per heavy atom. The van der Waals surface area contributed by atoms with Crippen LogP contribution in [-0.2, 0) is 12.7 Å². The van der Waals surface area contributed by atoms with Gasteiger partial charge in [0, 0.05) is 17.5 Å².